The van der Waals surface area contributed by atoms with Gasteiger partial charge in [-0.1, -0.05) is 0 Å². The summed E-state index contributed by atoms with van der Waals surface area (Å²) in [7, 11) is 0. The maximum absolute atomic E-state index is 9.60. The van der Waals surface area contributed by atoms with Crippen molar-refractivity contribution in [1.82, 2.24) is 4.98 Å². The minimum atomic E-state index is -0.430. The third kappa shape index (κ3) is 1.84. The van der Waals surface area contributed by atoms with Gasteiger partial charge in [0.2, 0.25) is 0 Å². The first-order valence-electron chi connectivity index (χ1n) is 4.01. The normalized spacial score (nSPS) is 19.2. The first kappa shape index (κ1) is 8.20. The lowest BCUT2D eigenvalue weighted by Gasteiger charge is -2.05. The summed E-state index contributed by atoms with van der Waals surface area (Å²) in [6.45, 7) is 0. The molecular formula is C9H10BrNO. The molecule has 12 heavy (non-hydrogen) atoms. The zero-order valence-corrected chi connectivity index (χ0v) is 8.21. The molecule has 1 aliphatic rings. The van der Waals surface area contributed by atoms with Crippen LogP contribution in [0.25, 0.3) is 0 Å². The van der Waals surface area contributed by atoms with Gasteiger partial charge in [-0.2, -0.15) is 0 Å². The molecule has 0 amide bonds. The Labute approximate surface area is 79.8 Å². The summed E-state index contributed by atoms with van der Waals surface area (Å²) in [6, 6.07) is 3.90. The zero-order chi connectivity index (χ0) is 8.60. The van der Waals surface area contributed by atoms with Crippen molar-refractivity contribution < 1.29 is 5.11 Å². The molecule has 0 aromatic carbocycles. The predicted octanol–water partition coefficient (Wildman–Crippen LogP) is 1.91. The summed E-state index contributed by atoms with van der Waals surface area (Å²) in [5.74, 6) is 0. The van der Waals surface area contributed by atoms with Gasteiger partial charge in [-0.25, -0.2) is 0 Å². The summed E-state index contributed by atoms with van der Waals surface area (Å²) in [4.78, 5) is 4.20. The predicted molar refractivity (Wildman–Crippen MR) is 49.8 cm³/mol. The highest BCUT2D eigenvalue weighted by atomic mass is 79.9. The second-order valence-electron chi connectivity index (χ2n) is 3.37. The molecule has 1 fully saturated rings. The summed E-state index contributed by atoms with van der Waals surface area (Å²) in [5, 5.41) is 9.60. The number of hydrogen-bond donors (Lipinski definition) is 1. The van der Waals surface area contributed by atoms with Crippen LogP contribution in [0.2, 0.25) is 0 Å². The van der Waals surface area contributed by atoms with Gasteiger partial charge in [-0.3, -0.25) is 4.98 Å². The average molecular weight is 228 g/mol. The van der Waals surface area contributed by atoms with E-state index in [2.05, 4.69) is 20.9 Å². The van der Waals surface area contributed by atoms with Crippen molar-refractivity contribution in [2.75, 3.05) is 0 Å². The number of aliphatic hydroxyl groups is 1. The Morgan fingerprint density at radius 3 is 2.75 bits per heavy atom. The van der Waals surface area contributed by atoms with Gasteiger partial charge in [0.15, 0.2) is 0 Å². The van der Waals surface area contributed by atoms with Gasteiger partial charge in [0.05, 0.1) is 5.60 Å². The van der Waals surface area contributed by atoms with Crippen molar-refractivity contribution in [1.29, 1.82) is 0 Å². The summed E-state index contributed by atoms with van der Waals surface area (Å²) in [6.07, 6.45) is 4.30. The van der Waals surface area contributed by atoms with E-state index in [0.717, 1.165) is 23.0 Å². The van der Waals surface area contributed by atoms with Crippen LogP contribution in [-0.2, 0) is 6.42 Å². The van der Waals surface area contributed by atoms with Crippen molar-refractivity contribution in [3.63, 3.8) is 0 Å². The first-order valence-corrected chi connectivity index (χ1v) is 4.80. The van der Waals surface area contributed by atoms with Crippen molar-refractivity contribution in [2.45, 2.75) is 24.9 Å². The zero-order valence-electron chi connectivity index (χ0n) is 6.63. The Kier molecular flexibility index (Phi) is 1.93. The second kappa shape index (κ2) is 2.82. The fraction of sp³-hybridized carbons (Fsp3) is 0.444. The maximum atomic E-state index is 9.60. The molecule has 0 aliphatic heterocycles. The molecule has 0 unspecified atom stereocenters. The molecule has 0 spiro atoms. The van der Waals surface area contributed by atoms with Gasteiger partial charge in [0.1, 0.15) is 0 Å². The summed E-state index contributed by atoms with van der Waals surface area (Å²) in [5.41, 5.74) is 0.541. The first-order chi connectivity index (χ1) is 5.68. The number of nitrogens with zero attached hydrogens (tertiary/aromatic N) is 1. The van der Waals surface area contributed by atoms with Gasteiger partial charge >= 0.3 is 0 Å². The highest BCUT2D eigenvalue weighted by molar-refractivity contribution is 9.10. The molecule has 1 aliphatic carbocycles. The Bertz CT molecular complexity index is 279. The van der Waals surface area contributed by atoms with Crippen LogP contribution in [0, 0.1) is 0 Å². The van der Waals surface area contributed by atoms with Crippen LogP contribution in [-0.4, -0.2) is 15.7 Å². The number of hydrogen-bond acceptors (Lipinski definition) is 2. The fourth-order valence-corrected chi connectivity index (χ4v) is 1.40. The Morgan fingerprint density at radius 1 is 1.50 bits per heavy atom. The van der Waals surface area contributed by atoms with Crippen molar-refractivity contribution in [3.8, 4) is 0 Å². The van der Waals surface area contributed by atoms with Crippen molar-refractivity contribution in [3.05, 3.63) is 28.5 Å². The summed E-state index contributed by atoms with van der Waals surface area (Å²) >= 11 is 3.32. The number of aromatic nitrogens is 1. The lowest BCUT2D eigenvalue weighted by Crippen LogP contribution is -2.11. The topological polar surface area (TPSA) is 33.1 Å². The Balaban J connectivity index is 2.08. The molecule has 64 valence electrons. The number of pyridine rings is 1. The Hall–Kier alpha value is -0.410. The smallest absolute Gasteiger partial charge is 0.0705 e. The van der Waals surface area contributed by atoms with E-state index >= 15 is 0 Å². The summed E-state index contributed by atoms with van der Waals surface area (Å²) < 4.78 is 0.981. The monoisotopic (exact) mass is 227 g/mol. The van der Waals surface area contributed by atoms with E-state index in [1.807, 2.05) is 12.1 Å². The average Bonchev–Trinajstić information content (AvgIpc) is 2.74. The molecular weight excluding hydrogens is 218 g/mol. The van der Waals surface area contributed by atoms with E-state index in [1.165, 1.54) is 0 Å². The fourth-order valence-electron chi connectivity index (χ4n) is 1.17. The van der Waals surface area contributed by atoms with Crippen LogP contribution in [0.4, 0.5) is 0 Å². The standard InChI is InChI=1S/C9H10BrNO/c10-7-1-2-8(11-6-7)5-9(12)3-4-9/h1-2,6,12H,3-5H2. The molecule has 1 N–H and O–H groups in total. The lowest BCUT2D eigenvalue weighted by atomic mass is 10.1. The Morgan fingerprint density at radius 2 is 2.25 bits per heavy atom. The molecule has 2 nitrogen and oxygen atoms in total. The van der Waals surface area contributed by atoms with Crippen molar-refractivity contribution >= 4 is 15.9 Å². The van der Waals surface area contributed by atoms with E-state index in [1.54, 1.807) is 6.20 Å². The van der Waals surface area contributed by atoms with E-state index in [0.29, 0.717) is 6.42 Å². The molecule has 3 heteroatoms. The lowest BCUT2D eigenvalue weighted by molar-refractivity contribution is 0.150. The van der Waals surface area contributed by atoms with E-state index < -0.39 is 5.60 Å². The van der Waals surface area contributed by atoms with Crippen LogP contribution in [0.5, 0.6) is 0 Å². The van der Waals surface area contributed by atoms with Crippen LogP contribution in [0.3, 0.4) is 0 Å². The molecule has 1 aromatic heterocycles. The van der Waals surface area contributed by atoms with Crippen LogP contribution < -0.4 is 0 Å². The molecule has 1 aromatic rings. The molecule has 0 atom stereocenters. The number of rotatable bonds is 2. The van der Waals surface area contributed by atoms with E-state index in [-0.39, 0.29) is 0 Å². The minimum absolute atomic E-state index is 0.430. The third-order valence-electron chi connectivity index (χ3n) is 2.13. The highest BCUT2D eigenvalue weighted by Gasteiger charge is 2.40. The van der Waals surface area contributed by atoms with Crippen LogP contribution in [0.1, 0.15) is 18.5 Å². The molecule has 0 saturated heterocycles. The largest absolute Gasteiger partial charge is 0.389 e. The molecule has 1 heterocycles. The molecule has 0 radical (unpaired) electrons. The van der Waals surface area contributed by atoms with Gasteiger partial charge in [0, 0.05) is 22.8 Å². The highest BCUT2D eigenvalue weighted by Crippen LogP contribution is 2.37. The van der Waals surface area contributed by atoms with Gasteiger partial charge in [-0.15, -0.1) is 0 Å². The van der Waals surface area contributed by atoms with Crippen LogP contribution >= 0.6 is 15.9 Å². The number of halogens is 1. The van der Waals surface area contributed by atoms with Crippen LogP contribution in [0.15, 0.2) is 22.8 Å². The molecule has 0 bridgehead atoms. The molecule has 2 rings (SSSR count). The van der Waals surface area contributed by atoms with Gasteiger partial charge in [-0.05, 0) is 40.9 Å². The van der Waals surface area contributed by atoms with E-state index in [4.69, 9.17) is 0 Å². The second-order valence-corrected chi connectivity index (χ2v) is 4.28. The minimum Gasteiger partial charge on any atom is -0.389 e. The third-order valence-corrected chi connectivity index (χ3v) is 2.60. The van der Waals surface area contributed by atoms with Gasteiger partial charge < -0.3 is 5.11 Å². The SMILES string of the molecule is OC1(Cc2ccc(Br)cn2)CC1. The quantitative estimate of drug-likeness (QED) is 0.838. The maximum Gasteiger partial charge on any atom is 0.0705 e. The van der Waals surface area contributed by atoms with E-state index in [9.17, 15) is 5.11 Å². The van der Waals surface area contributed by atoms with Gasteiger partial charge in [0.25, 0.3) is 0 Å². The molecule has 1 saturated carbocycles. The van der Waals surface area contributed by atoms with Crippen molar-refractivity contribution in [2.24, 2.45) is 0 Å².